The molecule has 0 heterocycles. The van der Waals surface area contributed by atoms with Crippen LogP contribution in [0, 0.1) is 0 Å². The van der Waals surface area contributed by atoms with Gasteiger partial charge in [0.05, 0.1) is 0 Å². The zero-order valence-corrected chi connectivity index (χ0v) is 13.0. The van der Waals surface area contributed by atoms with Gasteiger partial charge in [-0.25, -0.2) is 4.79 Å². The van der Waals surface area contributed by atoms with Crippen LogP contribution in [-0.4, -0.2) is 11.7 Å². The molecule has 116 valence electrons. The Hall–Kier alpha value is -2.69. The fourth-order valence-corrected chi connectivity index (χ4v) is 2.03. The maximum absolute atomic E-state index is 11.7. The zero-order valence-electron chi connectivity index (χ0n) is 13.0. The zero-order chi connectivity index (χ0) is 16.3. The van der Waals surface area contributed by atoms with Gasteiger partial charge in [0.1, 0.15) is 5.60 Å². The summed E-state index contributed by atoms with van der Waals surface area (Å²) in [7, 11) is 0. The van der Waals surface area contributed by atoms with Gasteiger partial charge in [0, 0.05) is 22.6 Å². The van der Waals surface area contributed by atoms with Gasteiger partial charge < -0.3 is 16.2 Å². The number of nitrogen functional groups attached to an aromatic ring is 2. The SMILES string of the molecule is CC(C)(C)OC(=O)Nc1ccc(-c2cccc(N)c2)c(N)c1. The van der Waals surface area contributed by atoms with Gasteiger partial charge in [-0.2, -0.15) is 0 Å². The molecule has 2 rings (SSSR count). The Kier molecular flexibility index (Phi) is 4.26. The van der Waals surface area contributed by atoms with E-state index in [9.17, 15) is 4.79 Å². The van der Waals surface area contributed by atoms with Crippen molar-refractivity contribution in [2.24, 2.45) is 0 Å². The minimum Gasteiger partial charge on any atom is -0.444 e. The molecule has 0 aromatic heterocycles. The van der Waals surface area contributed by atoms with E-state index in [1.54, 1.807) is 12.1 Å². The molecule has 5 N–H and O–H groups in total. The molecule has 0 fully saturated rings. The van der Waals surface area contributed by atoms with E-state index in [2.05, 4.69) is 5.32 Å². The normalized spacial score (nSPS) is 11.0. The Bertz CT molecular complexity index is 691. The number of nitrogens with one attached hydrogen (secondary N) is 1. The number of carbonyl (C=O) groups is 1. The summed E-state index contributed by atoms with van der Waals surface area (Å²) in [4.78, 5) is 11.7. The lowest BCUT2D eigenvalue weighted by Gasteiger charge is -2.20. The van der Waals surface area contributed by atoms with Gasteiger partial charge in [0.2, 0.25) is 0 Å². The minimum atomic E-state index is -0.545. The number of nitrogens with two attached hydrogens (primary N) is 2. The van der Waals surface area contributed by atoms with E-state index in [0.29, 0.717) is 17.1 Å². The van der Waals surface area contributed by atoms with Gasteiger partial charge >= 0.3 is 6.09 Å². The van der Waals surface area contributed by atoms with E-state index in [-0.39, 0.29) is 0 Å². The summed E-state index contributed by atoms with van der Waals surface area (Å²) in [6.07, 6.45) is -0.511. The van der Waals surface area contributed by atoms with Crippen molar-refractivity contribution in [3.63, 3.8) is 0 Å². The van der Waals surface area contributed by atoms with Gasteiger partial charge in [0.25, 0.3) is 0 Å². The Balaban J connectivity index is 2.18. The number of rotatable bonds is 2. The molecule has 2 aromatic carbocycles. The number of amides is 1. The molecule has 0 radical (unpaired) electrons. The first-order valence-corrected chi connectivity index (χ1v) is 7.00. The van der Waals surface area contributed by atoms with E-state index in [1.165, 1.54) is 0 Å². The van der Waals surface area contributed by atoms with E-state index in [1.807, 2.05) is 51.1 Å². The molecular formula is C17H21N3O2. The molecular weight excluding hydrogens is 278 g/mol. The topological polar surface area (TPSA) is 90.4 Å². The molecule has 0 saturated carbocycles. The van der Waals surface area contributed by atoms with Crippen molar-refractivity contribution in [3.05, 3.63) is 42.5 Å². The van der Waals surface area contributed by atoms with Crippen molar-refractivity contribution in [2.45, 2.75) is 26.4 Å². The van der Waals surface area contributed by atoms with Crippen LogP contribution in [0.1, 0.15) is 20.8 Å². The number of benzene rings is 2. The summed E-state index contributed by atoms with van der Waals surface area (Å²) >= 11 is 0. The molecule has 0 aliphatic carbocycles. The van der Waals surface area contributed by atoms with Crippen LogP contribution in [0.4, 0.5) is 21.9 Å². The second-order valence-corrected chi connectivity index (χ2v) is 6.05. The van der Waals surface area contributed by atoms with Crippen LogP contribution in [0.3, 0.4) is 0 Å². The van der Waals surface area contributed by atoms with Gasteiger partial charge in [-0.3, -0.25) is 5.32 Å². The quantitative estimate of drug-likeness (QED) is 0.734. The standard InChI is InChI=1S/C17H21N3O2/c1-17(2,3)22-16(21)20-13-7-8-14(15(19)10-13)11-5-4-6-12(18)9-11/h4-10H,18-19H2,1-3H3,(H,20,21). The molecule has 0 spiro atoms. The van der Waals surface area contributed by atoms with Crippen molar-refractivity contribution >= 4 is 23.2 Å². The highest BCUT2D eigenvalue weighted by Gasteiger charge is 2.16. The third kappa shape index (κ3) is 4.15. The number of hydrogen-bond acceptors (Lipinski definition) is 4. The van der Waals surface area contributed by atoms with Crippen molar-refractivity contribution in [1.29, 1.82) is 0 Å². The molecule has 22 heavy (non-hydrogen) atoms. The highest BCUT2D eigenvalue weighted by Crippen LogP contribution is 2.29. The predicted molar refractivity (Wildman–Crippen MR) is 90.6 cm³/mol. The maximum Gasteiger partial charge on any atom is 0.412 e. The Morgan fingerprint density at radius 3 is 2.41 bits per heavy atom. The molecule has 2 aromatic rings. The van der Waals surface area contributed by atoms with Gasteiger partial charge in [-0.15, -0.1) is 0 Å². The van der Waals surface area contributed by atoms with Crippen LogP contribution in [0.15, 0.2) is 42.5 Å². The second kappa shape index (κ2) is 5.97. The first-order chi connectivity index (χ1) is 10.2. The Morgan fingerprint density at radius 1 is 1.09 bits per heavy atom. The highest BCUT2D eigenvalue weighted by molar-refractivity contribution is 5.88. The summed E-state index contributed by atoms with van der Waals surface area (Å²) in [5.41, 5.74) is 14.9. The monoisotopic (exact) mass is 299 g/mol. The molecule has 5 heteroatoms. The molecule has 0 unspecified atom stereocenters. The van der Waals surface area contributed by atoms with Crippen molar-refractivity contribution in [3.8, 4) is 11.1 Å². The second-order valence-electron chi connectivity index (χ2n) is 6.05. The molecule has 0 aliphatic heterocycles. The van der Waals surface area contributed by atoms with Crippen LogP contribution < -0.4 is 16.8 Å². The number of carbonyl (C=O) groups excluding carboxylic acids is 1. The minimum absolute atomic E-state index is 0.511. The third-order valence-corrected chi connectivity index (χ3v) is 2.89. The smallest absolute Gasteiger partial charge is 0.412 e. The largest absolute Gasteiger partial charge is 0.444 e. The summed E-state index contributed by atoms with van der Waals surface area (Å²) in [6.45, 7) is 5.43. The van der Waals surface area contributed by atoms with E-state index in [0.717, 1.165) is 11.1 Å². The van der Waals surface area contributed by atoms with Crippen LogP contribution in [0.5, 0.6) is 0 Å². The average molecular weight is 299 g/mol. The van der Waals surface area contributed by atoms with E-state index < -0.39 is 11.7 Å². The summed E-state index contributed by atoms with van der Waals surface area (Å²) < 4.78 is 5.20. The predicted octanol–water partition coefficient (Wildman–Crippen LogP) is 3.87. The van der Waals surface area contributed by atoms with Crippen LogP contribution >= 0.6 is 0 Å². The third-order valence-electron chi connectivity index (χ3n) is 2.89. The lowest BCUT2D eigenvalue weighted by molar-refractivity contribution is 0.0636. The fraction of sp³-hybridized carbons (Fsp3) is 0.235. The van der Waals surface area contributed by atoms with Crippen LogP contribution in [0.2, 0.25) is 0 Å². The van der Waals surface area contributed by atoms with Crippen LogP contribution in [-0.2, 0) is 4.74 Å². The highest BCUT2D eigenvalue weighted by atomic mass is 16.6. The van der Waals surface area contributed by atoms with Gasteiger partial charge in [-0.05, 0) is 50.6 Å². The number of anilines is 3. The first kappa shape index (κ1) is 15.7. The average Bonchev–Trinajstić information content (AvgIpc) is 2.36. The van der Waals surface area contributed by atoms with E-state index in [4.69, 9.17) is 16.2 Å². The Labute approximate surface area is 130 Å². The molecule has 0 saturated heterocycles. The van der Waals surface area contributed by atoms with Crippen LogP contribution in [0.25, 0.3) is 11.1 Å². The van der Waals surface area contributed by atoms with E-state index >= 15 is 0 Å². The fourth-order valence-electron chi connectivity index (χ4n) is 2.03. The van der Waals surface area contributed by atoms with Crippen molar-refractivity contribution in [1.82, 2.24) is 0 Å². The molecule has 0 atom stereocenters. The lowest BCUT2D eigenvalue weighted by atomic mass is 10.0. The maximum atomic E-state index is 11.7. The van der Waals surface area contributed by atoms with Gasteiger partial charge in [-0.1, -0.05) is 18.2 Å². The summed E-state index contributed by atoms with van der Waals surface area (Å²) in [6, 6.07) is 12.8. The molecule has 5 nitrogen and oxygen atoms in total. The van der Waals surface area contributed by atoms with Crippen molar-refractivity contribution < 1.29 is 9.53 Å². The first-order valence-electron chi connectivity index (χ1n) is 7.00. The number of ether oxygens (including phenoxy) is 1. The summed E-state index contributed by atoms with van der Waals surface area (Å²) in [5.74, 6) is 0. The van der Waals surface area contributed by atoms with Crippen molar-refractivity contribution in [2.75, 3.05) is 16.8 Å². The molecule has 1 amide bonds. The molecule has 0 bridgehead atoms. The summed E-state index contributed by atoms with van der Waals surface area (Å²) in [5, 5.41) is 2.66. The lowest BCUT2D eigenvalue weighted by Crippen LogP contribution is -2.27. The molecule has 0 aliphatic rings. The number of hydrogen-bond donors (Lipinski definition) is 3. The Morgan fingerprint density at radius 2 is 1.82 bits per heavy atom. The van der Waals surface area contributed by atoms with Gasteiger partial charge in [0.15, 0.2) is 0 Å².